The summed E-state index contributed by atoms with van der Waals surface area (Å²) in [7, 11) is 0. The zero-order valence-electron chi connectivity index (χ0n) is 5.37. The van der Waals surface area contributed by atoms with Crippen LogP contribution in [0.25, 0.3) is 0 Å². The molecule has 1 aromatic carbocycles. The molecule has 0 heterocycles. The van der Waals surface area contributed by atoms with E-state index >= 15 is 0 Å². The van der Waals surface area contributed by atoms with Gasteiger partial charge in [0.25, 0.3) is 0 Å². The number of hydrogen-bond donors (Lipinski definition) is 0. The van der Waals surface area contributed by atoms with Crippen LogP contribution in [0.4, 0.5) is 4.39 Å². The first kappa shape index (κ1) is 9.11. The molecule has 0 aliphatic heterocycles. The highest BCUT2D eigenvalue weighted by atomic mass is 35.5. The van der Waals surface area contributed by atoms with Gasteiger partial charge in [0.2, 0.25) is 0 Å². The molecule has 1 aromatic rings. The second-order valence-electron chi connectivity index (χ2n) is 1.99. The van der Waals surface area contributed by atoms with Gasteiger partial charge in [-0.15, -0.1) is 11.6 Å². The largest absolute Gasteiger partial charge is 0.205 e. The van der Waals surface area contributed by atoms with Crippen LogP contribution in [0.1, 0.15) is 5.56 Å². The Kier molecular flexibility index (Phi) is 2.99. The molecule has 0 saturated carbocycles. The summed E-state index contributed by atoms with van der Waals surface area (Å²) in [5, 5.41) is 0.354. The smallest absolute Gasteiger partial charge is 0.143 e. The van der Waals surface area contributed by atoms with Gasteiger partial charge in [0.1, 0.15) is 5.82 Å². The fourth-order valence-electron chi connectivity index (χ4n) is 0.707. The minimum Gasteiger partial charge on any atom is -0.205 e. The number of halogens is 4. The average molecular weight is 213 g/mol. The first-order valence-corrected chi connectivity index (χ1v) is 4.13. The number of rotatable bonds is 1. The molecule has 0 aromatic heterocycles. The molecule has 0 bridgehead atoms. The highest BCUT2D eigenvalue weighted by Crippen LogP contribution is 2.25. The van der Waals surface area contributed by atoms with Crippen molar-refractivity contribution in [3.63, 3.8) is 0 Å². The topological polar surface area (TPSA) is 0 Å². The van der Waals surface area contributed by atoms with Gasteiger partial charge in [-0.1, -0.05) is 23.2 Å². The summed E-state index contributed by atoms with van der Waals surface area (Å²) in [5.74, 6) is -0.370. The van der Waals surface area contributed by atoms with Crippen LogP contribution in [0.5, 0.6) is 0 Å². The zero-order valence-corrected chi connectivity index (χ0v) is 7.64. The zero-order chi connectivity index (χ0) is 8.43. The molecule has 1 rings (SSSR count). The summed E-state index contributed by atoms with van der Waals surface area (Å²) < 4.78 is 12.8. The molecule has 0 spiro atoms. The van der Waals surface area contributed by atoms with E-state index in [4.69, 9.17) is 34.8 Å². The summed E-state index contributed by atoms with van der Waals surface area (Å²) in [5.41, 5.74) is 0.512. The van der Waals surface area contributed by atoms with Gasteiger partial charge in [-0.05, 0) is 17.7 Å². The van der Waals surface area contributed by atoms with Crippen molar-refractivity contribution >= 4 is 34.8 Å². The van der Waals surface area contributed by atoms with Crippen molar-refractivity contribution < 1.29 is 4.39 Å². The minimum atomic E-state index is -0.533. The van der Waals surface area contributed by atoms with Crippen molar-refractivity contribution in [3.05, 3.63) is 33.6 Å². The lowest BCUT2D eigenvalue weighted by atomic mass is 10.2. The van der Waals surface area contributed by atoms with E-state index < -0.39 is 5.82 Å². The van der Waals surface area contributed by atoms with Gasteiger partial charge >= 0.3 is 0 Å². The lowest BCUT2D eigenvalue weighted by molar-refractivity contribution is 0.627. The van der Waals surface area contributed by atoms with Gasteiger partial charge < -0.3 is 0 Å². The summed E-state index contributed by atoms with van der Waals surface area (Å²) in [6.45, 7) is 0. The Bertz CT molecular complexity index is 273. The normalized spacial score (nSPS) is 10.2. The van der Waals surface area contributed by atoms with E-state index in [1.807, 2.05) is 0 Å². The second kappa shape index (κ2) is 3.61. The van der Waals surface area contributed by atoms with Crippen LogP contribution in [-0.4, -0.2) is 0 Å². The fraction of sp³-hybridized carbons (Fsp3) is 0.143. The molecule has 0 saturated heterocycles. The third-order valence-electron chi connectivity index (χ3n) is 1.21. The van der Waals surface area contributed by atoms with E-state index in [0.717, 1.165) is 6.07 Å². The molecule has 60 valence electrons. The molecule has 0 nitrogen and oxygen atoms in total. The summed E-state index contributed by atoms with van der Waals surface area (Å²) in [4.78, 5) is 0. The molecule has 0 amide bonds. The van der Waals surface area contributed by atoms with Crippen molar-refractivity contribution in [1.29, 1.82) is 0 Å². The molecule has 11 heavy (non-hydrogen) atoms. The molecule has 0 aliphatic carbocycles. The van der Waals surface area contributed by atoms with Crippen molar-refractivity contribution in [2.24, 2.45) is 0 Å². The molecule has 0 unspecified atom stereocenters. The molecule has 0 N–H and O–H groups in total. The molecule has 0 atom stereocenters. The standard InChI is InChI=1S/C7H4Cl3F/c8-3-4-1-5(9)2-6(11)7(4)10/h1-2H,3H2. The Morgan fingerprint density at radius 1 is 1.27 bits per heavy atom. The van der Waals surface area contributed by atoms with Crippen LogP contribution < -0.4 is 0 Å². The van der Waals surface area contributed by atoms with Gasteiger partial charge in [-0.25, -0.2) is 4.39 Å². The van der Waals surface area contributed by atoms with Crippen LogP contribution in [0.3, 0.4) is 0 Å². The lowest BCUT2D eigenvalue weighted by Gasteiger charge is -2.00. The lowest BCUT2D eigenvalue weighted by Crippen LogP contribution is -1.85. The highest BCUT2D eigenvalue weighted by Gasteiger charge is 2.06. The Labute approximate surface area is 78.9 Å². The Hall–Kier alpha value is 0.0200. The van der Waals surface area contributed by atoms with Gasteiger partial charge in [-0.3, -0.25) is 0 Å². The second-order valence-corrected chi connectivity index (χ2v) is 3.08. The Morgan fingerprint density at radius 3 is 2.45 bits per heavy atom. The van der Waals surface area contributed by atoms with Crippen LogP contribution in [-0.2, 0) is 5.88 Å². The Balaban J connectivity index is 3.24. The fourth-order valence-corrected chi connectivity index (χ4v) is 1.39. The third-order valence-corrected chi connectivity index (χ3v) is 2.14. The SMILES string of the molecule is Fc1cc(Cl)cc(CCl)c1Cl. The van der Waals surface area contributed by atoms with Crippen LogP contribution in [0.15, 0.2) is 12.1 Å². The maximum Gasteiger partial charge on any atom is 0.143 e. The summed E-state index contributed by atoms with van der Waals surface area (Å²) in [6.07, 6.45) is 0. The molecular weight excluding hydrogens is 209 g/mol. The van der Waals surface area contributed by atoms with Crippen molar-refractivity contribution in [2.45, 2.75) is 5.88 Å². The van der Waals surface area contributed by atoms with E-state index in [0.29, 0.717) is 10.6 Å². The minimum absolute atomic E-state index is 0.0457. The molecular formula is C7H4Cl3F. The molecule has 0 radical (unpaired) electrons. The first-order valence-electron chi connectivity index (χ1n) is 2.84. The van der Waals surface area contributed by atoms with Gasteiger partial charge in [0, 0.05) is 10.9 Å². The number of alkyl halides is 1. The number of hydrogen-bond acceptors (Lipinski definition) is 0. The highest BCUT2D eigenvalue weighted by molar-refractivity contribution is 6.34. The Morgan fingerprint density at radius 2 is 1.91 bits per heavy atom. The summed E-state index contributed by atoms with van der Waals surface area (Å²) >= 11 is 16.6. The monoisotopic (exact) mass is 212 g/mol. The number of benzene rings is 1. The molecule has 0 aliphatic rings. The summed E-state index contributed by atoms with van der Waals surface area (Å²) in [6, 6.07) is 2.69. The average Bonchev–Trinajstić information content (AvgIpc) is 1.96. The van der Waals surface area contributed by atoms with E-state index in [1.165, 1.54) is 0 Å². The van der Waals surface area contributed by atoms with Gasteiger partial charge in [0.15, 0.2) is 0 Å². The van der Waals surface area contributed by atoms with Crippen molar-refractivity contribution in [1.82, 2.24) is 0 Å². The van der Waals surface area contributed by atoms with Crippen LogP contribution in [0, 0.1) is 5.82 Å². The van der Waals surface area contributed by atoms with Crippen molar-refractivity contribution in [3.8, 4) is 0 Å². The quantitative estimate of drug-likeness (QED) is 0.491. The van der Waals surface area contributed by atoms with Crippen LogP contribution in [0.2, 0.25) is 10.0 Å². The van der Waals surface area contributed by atoms with E-state index in [9.17, 15) is 4.39 Å². The van der Waals surface area contributed by atoms with Gasteiger partial charge in [0.05, 0.1) is 5.02 Å². The van der Waals surface area contributed by atoms with Crippen molar-refractivity contribution in [2.75, 3.05) is 0 Å². The third kappa shape index (κ3) is 1.98. The van der Waals surface area contributed by atoms with Gasteiger partial charge in [-0.2, -0.15) is 0 Å². The maximum absolute atomic E-state index is 12.8. The van der Waals surface area contributed by atoms with E-state index in [1.54, 1.807) is 6.07 Å². The predicted octanol–water partition coefficient (Wildman–Crippen LogP) is 3.87. The van der Waals surface area contributed by atoms with Crippen LogP contribution >= 0.6 is 34.8 Å². The molecule has 0 fully saturated rings. The predicted molar refractivity (Wildman–Crippen MR) is 46.0 cm³/mol. The van der Waals surface area contributed by atoms with E-state index in [-0.39, 0.29) is 10.9 Å². The first-order chi connectivity index (χ1) is 5.15. The molecule has 4 heteroatoms. The van der Waals surface area contributed by atoms with E-state index in [2.05, 4.69) is 0 Å². The maximum atomic E-state index is 12.8.